The number of pyridine rings is 2. The highest BCUT2D eigenvalue weighted by Crippen LogP contribution is 2.24. The van der Waals surface area contributed by atoms with Crippen LogP contribution in [0.5, 0.6) is 0 Å². The maximum atomic E-state index is 12.4. The Bertz CT molecular complexity index is 842. The number of aromatic nitrogens is 2. The number of rotatable bonds is 7. The fourth-order valence-electron chi connectivity index (χ4n) is 3.34. The van der Waals surface area contributed by atoms with Crippen LogP contribution in [0, 0.1) is 5.92 Å². The van der Waals surface area contributed by atoms with Gasteiger partial charge in [-0.2, -0.15) is 17.0 Å². The molecule has 1 aliphatic heterocycles. The van der Waals surface area contributed by atoms with Crippen LogP contribution in [0.2, 0.25) is 0 Å². The predicted octanol–water partition coefficient (Wildman–Crippen LogP) is 2.67. The van der Waals surface area contributed by atoms with Crippen molar-refractivity contribution < 1.29 is 8.42 Å². The van der Waals surface area contributed by atoms with Crippen LogP contribution in [-0.4, -0.2) is 54.2 Å². The number of piperidine rings is 1. The van der Waals surface area contributed by atoms with Crippen molar-refractivity contribution in [2.45, 2.75) is 25.7 Å². The van der Waals surface area contributed by atoms with Gasteiger partial charge in [-0.3, -0.25) is 0 Å². The van der Waals surface area contributed by atoms with E-state index in [4.69, 9.17) is 0 Å². The molecule has 7 nitrogen and oxygen atoms in total. The van der Waals surface area contributed by atoms with Crippen molar-refractivity contribution in [2.24, 2.45) is 5.92 Å². The van der Waals surface area contributed by atoms with Gasteiger partial charge in [-0.05, 0) is 61.4 Å². The van der Waals surface area contributed by atoms with Crippen LogP contribution in [0.1, 0.15) is 24.8 Å². The minimum absolute atomic E-state index is 0.383. The summed E-state index contributed by atoms with van der Waals surface area (Å²) in [4.78, 5) is 8.60. The Hall–Kier alpha value is -2.03. The monoisotopic (exact) mass is 389 g/mol. The summed E-state index contributed by atoms with van der Waals surface area (Å²) in [5, 5.41) is 3.21. The van der Waals surface area contributed by atoms with E-state index in [1.54, 1.807) is 30.8 Å². The van der Waals surface area contributed by atoms with Crippen LogP contribution in [0.15, 0.2) is 42.7 Å². The van der Waals surface area contributed by atoms with Gasteiger partial charge in [0.1, 0.15) is 11.6 Å². The number of nitrogens with one attached hydrogen (secondary N) is 1. The average Bonchev–Trinajstić information content (AvgIpc) is 2.67. The Labute approximate surface area is 161 Å². The van der Waals surface area contributed by atoms with Gasteiger partial charge in [-0.25, -0.2) is 9.97 Å². The summed E-state index contributed by atoms with van der Waals surface area (Å²) in [6.45, 7) is 1.22. The summed E-state index contributed by atoms with van der Waals surface area (Å²) in [5.41, 5.74) is 1.19. The highest BCUT2D eigenvalue weighted by Gasteiger charge is 2.30. The van der Waals surface area contributed by atoms with Crippen molar-refractivity contribution in [1.82, 2.24) is 18.6 Å². The molecule has 0 amide bonds. The van der Waals surface area contributed by atoms with Gasteiger partial charge in [0.25, 0.3) is 10.2 Å². The topological polar surface area (TPSA) is 78.4 Å². The van der Waals surface area contributed by atoms with Gasteiger partial charge >= 0.3 is 0 Å². The first-order chi connectivity index (χ1) is 12.9. The fourth-order valence-corrected chi connectivity index (χ4v) is 4.56. The Balaban J connectivity index is 1.58. The van der Waals surface area contributed by atoms with Crippen LogP contribution in [-0.2, 0) is 16.6 Å². The van der Waals surface area contributed by atoms with Gasteiger partial charge in [0.15, 0.2) is 0 Å². The first kappa shape index (κ1) is 19.7. The second-order valence-corrected chi connectivity index (χ2v) is 9.23. The maximum absolute atomic E-state index is 12.4. The van der Waals surface area contributed by atoms with Crippen LogP contribution in [0.4, 0.5) is 11.6 Å². The molecule has 0 saturated carbocycles. The molecule has 0 spiro atoms. The zero-order chi connectivity index (χ0) is 19.3. The normalized spacial score (nSPS) is 18.6. The summed E-state index contributed by atoms with van der Waals surface area (Å²) in [5.74, 6) is 1.92. The number of hydrogen-bond donors (Lipinski definition) is 1. The molecule has 0 bridgehead atoms. The minimum Gasteiger partial charge on any atom is -0.325 e. The van der Waals surface area contributed by atoms with Gasteiger partial charge in [-0.15, -0.1) is 0 Å². The van der Waals surface area contributed by atoms with Crippen molar-refractivity contribution in [1.29, 1.82) is 0 Å². The summed E-state index contributed by atoms with van der Waals surface area (Å²) >= 11 is 0. The molecule has 8 heteroatoms. The van der Waals surface area contributed by atoms with E-state index in [2.05, 4.69) is 15.3 Å². The number of nitrogens with zero attached hydrogens (tertiary/aromatic N) is 4. The lowest BCUT2D eigenvalue weighted by Crippen LogP contribution is -2.45. The van der Waals surface area contributed by atoms with Gasteiger partial charge in [0, 0.05) is 39.6 Å². The highest BCUT2D eigenvalue weighted by molar-refractivity contribution is 7.86. The SMILES string of the molecule is CN(C)S(=O)(=O)N1CCCC(CCc2ccnc(Nc3ccccn3)c2)C1. The van der Waals surface area contributed by atoms with Crippen molar-refractivity contribution in [3.05, 3.63) is 48.3 Å². The van der Waals surface area contributed by atoms with Gasteiger partial charge in [-0.1, -0.05) is 6.07 Å². The molecular formula is C19H27N5O2S. The highest BCUT2D eigenvalue weighted by atomic mass is 32.2. The minimum atomic E-state index is -3.32. The molecule has 3 rings (SSSR count). The lowest BCUT2D eigenvalue weighted by Gasteiger charge is -2.33. The maximum Gasteiger partial charge on any atom is 0.281 e. The molecule has 27 heavy (non-hydrogen) atoms. The van der Waals surface area contributed by atoms with Crippen molar-refractivity contribution in [3.63, 3.8) is 0 Å². The van der Waals surface area contributed by atoms with Crippen molar-refractivity contribution in [2.75, 3.05) is 32.5 Å². The quantitative estimate of drug-likeness (QED) is 0.788. The average molecular weight is 390 g/mol. The molecular weight excluding hydrogens is 362 g/mol. The van der Waals surface area contributed by atoms with E-state index in [1.807, 2.05) is 30.3 Å². The molecule has 3 heterocycles. The molecule has 1 atom stereocenters. The lowest BCUT2D eigenvalue weighted by atomic mass is 9.93. The molecule has 1 fully saturated rings. The second-order valence-electron chi connectivity index (χ2n) is 7.08. The molecule has 0 radical (unpaired) electrons. The lowest BCUT2D eigenvalue weighted by molar-refractivity contribution is 0.246. The zero-order valence-corrected chi connectivity index (χ0v) is 16.7. The Kier molecular flexibility index (Phi) is 6.41. The van der Waals surface area contributed by atoms with Crippen LogP contribution in [0.25, 0.3) is 0 Å². The third kappa shape index (κ3) is 5.24. The smallest absolute Gasteiger partial charge is 0.281 e. The third-order valence-corrected chi connectivity index (χ3v) is 6.76. The fraction of sp³-hybridized carbons (Fsp3) is 0.474. The molecule has 1 unspecified atom stereocenters. The summed E-state index contributed by atoms with van der Waals surface area (Å²) in [7, 11) is -0.139. The van der Waals surface area contributed by atoms with Gasteiger partial charge < -0.3 is 5.32 Å². The third-order valence-electron chi connectivity index (χ3n) is 4.86. The van der Waals surface area contributed by atoms with E-state index in [0.717, 1.165) is 37.3 Å². The zero-order valence-electron chi connectivity index (χ0n) is 15.9. The summed E-state index contributed by atoms with van der Waals surface area (Å²) in [6, 6.07) is 9.75. The Morgan fingerprint density at radius 2 is 2.00 bits per heavy atom. The first-order valence-electron chi connectivity index (χ1n) is 9.26. The summed E-state index contributed by atoms with van der Waals surface area (Å²) < 4.78 is 27.6. The Morgan fingerprint density at radius 3 is 2.74 bits per heavy atom. The number of anilines is 2. The molecule has 146 valence electrons. The van der Waals surface area contributed by atoms with Crippen LogP contribution < -0.4 is 5.32 Å². The van der Waals surface area contributed by atoms with Gasteiger partial charge in [0.05, 0.1) is 0 Å². The number of aryl methyl sites for hydroxylation is 1. The largest absolute Gasteiger partial charge is 0.325 e. The molecule has 0 aromatic carbocycles. The van der Waals surface area contributed by atoms with E-state index >= 15 is 0 Å². The van der Waals surface area contributed by atoms with E-state index < -0.39 is 10.2 Å². The van der Waals surface area contributed by atoms with Crippen LogP contribution >= 0.6 is 0 Å². The molecule has 1 saturated heterocycles. The van der Waals surface area contributed by atoms with E-state index in [-0.39, 0.29) is 0 Å². The van der Waals surface area contributed by atoms with E-state index in [1.165, 1.54) is 9.87 Å². The number of hydrogen-bond acceptors (Lipinski definition) is 5. The molecule has 0 aliphatic carbocycles. The van der Waals surface area contributed by atoms with Crippen molar-refractivity contribution in [3.8, 4) is 0 Å². The van der Waals surface area contributed by atoms with Gasteiger partial charge in [0.2, 0.25) is 0 Å². The molecule has 1 N–H and O–H groups in total. The summed E-state index contributed by atoms with van der Waals surface area (Å²) in [6.07, 6.45) is 7.39. The van der Waals surface area contributed by atoms with E-state index in [0.29, 0.717) is 19.0 Å². The molecule has 1 aliphatic rings. The predicted molar refractivity (Wildman–Crippen MR) is 107 cm³/mol. The van der Waals surface area contributed by atoms with Crippen molar-refractivity contribution >= 4 is 21.8 Å². The standard InChI is InChI=1S/C19H27N5O2S/c1-23(2)27(25,26)24-13-5-6-17(15-24)9-8-16-10-12-21-19(14-16)22-18-7-3-4-11-20-18/h3-4,7,10-12,14,17H,5-6,8-9,13,15H2,1-2H3,(H,20,21,22). The van der Waals surface area contributed by atoms with Crippen LogP contribution in [0.3, 0.4) is 0 Å². The first-order valence-corrected chi connectivity index (χ1v) is 10.7. The second kappa shape index (κ2) is 8.77. The Morgan fingerprint density at radius 1 is 1.19 bits per heavy atom. The van der Waals surface area contributed by atoms with E-state index in [9.17, 15) is 8.42 Å². The molecule has 2 aromatic rings. The molecule has 2 aromatic heterocycles.